The molecule has 0 saturated heterocycles. The van der Waals surface area contributed by atoms with E-state index in [1.807, 2.05) is 30.5 Å². The molecule has 126 valence electrons. The largest absolute Gasteiger partial charge is 0.354 e. The number of hydrogen-bond donors (Lipinski definition) is 2. The van der Waals surface area contributed by atoms with Crippen LogP contribution in [0.3, 0.4) is 0 Å². The fourth-order valence-corrected chi connectivity index (χ4v) is 2.71. The molecule has 2 rings (SSSR count). The van der Waals surface area contributed by atoms with Crippen LogP contribution in [0.1, 0.15) is 38.4 Å². The first-order valence-electron chi connectivity index (χ1n) is 7.74. The Morgan fingerprint density at radius 2 is 1.67 bits per heavy atom. The minimum absolute atomic E-state index is 0.0452. The average Bonchev–Trinajstić information content (AvgIpc) is 3.11. The molecule has 2 N–H and O–H groups in total. The van der Waals surface area contributed by atoms with Crippen molar-refractivity contribution in [1.29, 1.82) is 0 Å². The molecule has 1 heterocycles. The number of aryl methyl sites for hydroxylation is 1. The second kappa shape index (κ2) is 8.98. The second-order valence-corrected chi connectivity index (χ2v) is 6.32. The quantitative estimate of drug-likeness (QED) is 0.571. The summed E-state index contributed by atoms with van der Waals surface area (Å²) in [7, 11) is 0. The van der Waals surface area contributed by atoms with E-state index >= 15 is 0 Å². The number of amides is 2. The smallest absolute Gasteiger partial charge is 0.261 e. The maximum Gasteiger partial charge on any atom is 0.261 e. The van der Waals surface area contributed by atoms with Crippen molar-refractivity contribution in [2.45, 2.75) is 19.8 Å². The van der Waals surface area contributed by atoms with Crippen molar-refractivity contribution < 1.29 is 14.4 Å². The molecule has 0 aliphatic heterocycles. The Morgan fingerprint density at radius 3 is 2.33 bits per heavy atom. The third-order valence-corrected chi connectivity index (χ3v) is 4.30. The van der Waals surface area contributed by atoms with Crippen LogP contribution in [-0.2, 0) is 4.79 Å². The fourth-order valence-electron chi connectivity index (χ4n) is 2.07. The molecule has 1 aromatic carbocycles. The Hall–Kier alpha value is -2.47. The third-order valence-electron chi connectivity index (χ3n) is 3.43. The summed E-state index contributed by atoms with van der Waals surface area (Å²) in [6.45, 7) is 2.65. The third kappa shape index (κ3) is 5.62. The van der Waals surface area contributed by atoms with Crippen molar-refractivity contribution in [3.8, 4) is 0 Å². The van der Waals surface area contributed by atoms with Crippen molar-refractivity contribution in [2.24, 2.45) is 0 Å². The zero-order valence-electron chi connectivity index (χ0n) is 13.5. The predicted molar refractivity (Wildman–Crippen MR) is 94.4 cm³/mol. The summed E-state index contributed by atoms with van der Waals surface area (Å²) in [6.07, 6.45) is 0.321. The van der Waals surface area contributed by atoms with E-state index < -0.39 is 0 Å². The molecule has 0 aliphatic carbocycles. The van der Waals surface area contributed by atoms with E-state index in [1.165, 1.54) is 11.3 Å². The van der Waals surface area contributed by atoms with E-state index in [-0.39, 0.29) is 30.4 Å². The molecule has 0 spiro atoms. The van der Waals surface area contributed by atoms with Gasteiger partial charge < -0.3 is 10.6 Å². The number of benzene rings is 1. The lowest BCUT2D eigenvalue weighted by Gasteiger charge is -2.06. The number of hydrogen-bond acceptors (Lipinski definition) is 4. The van der Waals surface area contributed by atoms with E-state index in [1.54, 1.807) is 18.2 Å². The van der Waals surface area contributed by atoms with Gasteiger partial charge in [0.25, 0.3) is 5.91 Å². The van der Waals surface area contributed by atoms with Gasteiger partial charge >= 0.3 is 0 Å². The maximum absolute atomic E-state index is 12.0. The summed E-state index contributed by atoms with van der Waals surface area (Å²) in [5.41, 5.74) is 1.71. The van der Waals surface area contributed by atoms with E-state index in [9.17, 15) is 14.4 Å². The molecule has 1 aromatic heterocycles. The molecule has 0 bridgehead atoms. The van der Waals surface area contributed by atoms with Crippen LogP contribution in [0.4, 0.5) is 0 Å². The number of Topliss-reactive ketones (excluding diaryl/α,β-unsaturated/α-hetero) is 1. The summed E-state index contributed by atoms with van der Waals surface area (Å²) < 4.78 is 0. The van der Waals surface area contributed by atoms with Crippen molar-refractivity contribution >= 4 is 28.9 Å². The lowest BCUT2D eigenvalue weighted by molar-refractivity contribution is -0.121. The van der Waals surface area contributed by atoms with Gasteiger partial charge in [-0.05, 0) is 18.4 Å². The van der Waals surface area contributed by atoms with E-state index in [0.717, 1.165) is 5.56 Å². The van der Waals surface area contributed by atoms with Crippen LogP contribution >= 0.6 is 11.3 Å². The highest BCUT2D eigenvalue weighted by Gasteiger charge is 2.09. The summed E-state index contributed by atoms with van der Waals surface area (Å²) in [4.78, 5) is 36.0. The molecule has 5 nitrogen and oxygen atoms in total. The van der Waals surface area contributed by atoms with Crippen LogP contribution < -0.4 is 10.6 Å². The molecule has 0 aliphatic rings. The van der Waals surface area contributed by atoms with Gasteiger partial charge in [0.05, 0.1) is 4.88 Å². The van der Waals surface area contributed by atoms with Gasteiger partial charge in [-0.1, -0.05) is 35.9 Å². The van der Waals surface area contributed by atoms with Crippen molar-refractivity contribution in [3.05, 3.63) is 57.8 Å². The number of carbonyl (C=O) groups is 3. The predicted octanol–water partition coefficient (Wildman–Crippen LogP) is 2.57. The molecule has 0 radical (unpaired) electrons. The first kappa shape index (κ1) is 17.9. The first-order chi connectivity index (χ1) is 11.6. The van der Waals surface area contributed by atoms with Gasteiger partial charge in [0, 0.05) is 31.5 Å². The molecular weight excluding hydrogens is 324 g/mol. The normalized spacial score (nSPS) is 10.2. The van der Waals surface area contributed by atoms with Crippen LogP contribution in [0, 0.1) is 6.92 Å². The average molecular weight is 344 g/mol. The van der Waals surface area contributed by atoms with Crippen LogP contribution in [0.2, 0.25) is 0 Å². The molecule has 0 fully saturated rings. The highest BCUT2D eigenvalue weighted by Crippen LogP contribution is 2.08. The Balaban J connectivity index is 1.62. The van der Waals surface area contributed by atoms with Crippen molar-refractivity contribution in [3.63, 3.8) is 0 Å². The molecular formula is C18H20N2O3S. The maximum atomic E-state index is 12.0. The number of rotatable bonds is 8. The lowest BCUT2D eigenvalue weighted by atomic mass is 10.1. The van der Waals surface area contributed by atoms with E-state index in [0.29, 0.717) is 23.5 Å². The topological polar surface area (TPSA) is 75.3 Å². The summed E-state index contributed by atoms with van der Waals surface area (Å²) in [5.74, 6) is -0.384. The van der Waals surface area contributed by atoms with Gasteiger partial charge in [-0.3, -0.25) is 14.4 Å². The highest BCUT2D eigenvalue weighted by atomic mass is 32.1. The van der Waals surface area contributed by atoms with Gasteiger partial charge in [-0.2, -0.15) is 0 Å². The minimum Gasteiger partial charge on any atom is -0.354 e. The first-order valence-corrected chi connectivity index (χ1v) is 8.62. The minimum atomic E-state index is -0.194. The molecule has 6 heteroatoms. The van der Waals surface area contributed by atoms with E-state index in [4.69, 9.17) is 0 Å². The molecule has 0 unspecified atom stereocenters. The Kier molecular flexibility index (Phi) is 6.69. The summed E-state index contributed by atoms with van der Waals surface area (Å²) >= 11 is 1.37. The van der Waals surface area contributed by atoms with Crippen molar-refractivity contribution in [1.82, 2.24) is 10.6 Å². The fraction of sp³-hybridized carbons (Fsp3) is 0.278. The van der Waals surface area contributed by atoms with Crippen LogP contribution in [0.5, 0.6) is 0 Å². The SMILES string of the molecule is Cc1ccc(C(=O)CCC(=O)NCCNC(=O)c2cccs2)cc1. The van der Waals surface area contributed by atoms with Crippen LogP contribution in [-0.4, -0.2) is 30.7 Å². The molecule has 2 aromatic rings. The highest BCUT2D eigenvalue weighted by molar-refractivity contribution is 7.12. The van der Waals surface area contributed by atoms with Gasteiger partial charge in [-0.15, -0.1) is 11.3 Å². The van der Waals surface area contributed by atoms with Crippen molar-refractivity contribution in [2.75, 3.05) is 13.1 Å². The van der Waals surface area contributed by atoms with Gasteiger partial charge in [0.1, 0.15) is 0 Å². The molecule has 0 atom stereocenters. The van der Waals surface area contributed by atoms with Gasteiger partial charge in [0.2, 0.25) is 5.91 Å². The molecule has 24 heavy (non-hydrogen) atoms. The lowest BCUT2D eigenvalue weighted by Crippen LogP contribution is -2.34. The number of carbonyl (C=O) groups excluding carboxylic acids is 3. The second-order valence-electron chi connectivity index (χ2n) is 5.37. The Labute approximate surface area is 145 Å². The zero-order chi connectivity index (χ0) is 17.4. The Morgan fingerprint density at radius 1 is 0.958 bits per heavy atom. The molecule has 2 amide bonds. The number of thiophene rings is 1. The van der Waals surface area contributed by atoms with Crippen LogP contribution in [0.15, 0.2) is 41.8 Å². The number of ketones is 1. The zero-order valence-corrected chi connectivity index (χ0v) is 14.3. The van der Waals surface area contributed by atoms with Crippen LogP contribution in [0.25, 0.3) is 0 Å². The summed E-state index contributed by atoms with van der Waals surface area (Å²) in [6, 6.07) is 10.9. The monoisotopic (exact) mass is 344 g/mol. The Bertz CT molecular complexity index is 694. The van der Waals surface area contributed by atoms with Gasteiger partial charge in [0.15, 0.2) is 5.78 Å². The van der Waals surface area contributed by atoms with E-state index in [2.05, 4.69) is 10.6 Å². The summed E-state index contributed by atoms with van der Waals surface area (Å²) in [5, 5.41) is 7.26. The standard InChI is InChI=1S/C18H20N2O3S/c1-13-4-6-14(7-5-13)15(21)8-9-17(22)19-10-11-20-18(23)16-3-2-12-24-16/h2-7,12H,8-11H2,1H3,(H,19,22)(H,20,23). The number of nitrogens with one attached hydrogen (secondary N) is 2. The molecule has 0 saturated carbocycles. The van der Waals surface area contributed by atoms with Gasteiger partial charge in [-0.25, -0.2) is 0 Å².